The fraction of sp³-hybridized carbons (Fsp3) is 0.276. The van der Waals surface area contributed by atoms with Crippen LogP contribution in [0.25, 0.3) is 10.9 Å². The van der Waals surface area contributed by atoms with E-state index in [1.807, 2.05) is 42.5 Å². The summed E-state index contributed by atoms with van der Waals surface area (Å²) in [4.78, 5) is 4.48. The van der Waals surface area contributed by atoms with Crippen LogP contribution < -0.4 is 19.5 Å². The molecule has 1 aromatic heterocycles. The highest BCUT2D eigenvalue weighted by atomic mass is 35.5. The third-order valence-electron chi connectivity index (χ3n) is 5.64. The molecule has 182 valence electrons. The maximum absolute atomic E-state index is 6.21. The quantitative estimate of drug-likeness (QED) is 0.190. The van der Waals surface area contributed by atoms with Crippen molar-refractivity contribution in [2.24, 2.45) is 0 Å². The molecule has 4 aromatic rings. The second-order valence-electron chi connectivity index (χ2n) is 9.30. The lowest BCUT2D eigenvalue weighted by Gasteiger charge is -2.19. The number of nitrogens with zero attached hydrogens (tertiary/aromatic N) is 1. The molecule has 0 amide bonds. The predicted molar refractivity (Wildman–Crippen MR) is 144 cm³/mol. The highest BCUT2D eigenvalue weighted by molar-refractivity contribution is 6.17. The maximum Gasteiger partial charge on any atom is 0.163 e. The molecule has 0 aliphatic heterocycles. The molecule has 0 saturated carbocycles. The number of halogens is 1. The van der Waals surface area contributed by atoms with E-state index in [2.05, 4.69) is 55.3 Å². The highest BCUT2D eigenvalue weighted by Gasteiger charge is 2.14. The Bertz CT molecular complexity index is 1270. The second kappa shape index (κ2) is 10.9. The summed E-state index contributed by atoms with van der Waals surface area (Å²) < 4.78 is 17.6. The third kappa shape index (κ3) is 6.17. The van der Waals surface area contributed by atoms with Crippen LogP contribution in [0.3, 0.4) is 0 Å². The van der Waals surface area contributed by atoms with Crippen LogP contribution in [0.5, 0.6) is 23.0 Å². The zero-order valence-corrected chi connectivity index (χ0v) is 21.4. The van der Waals surface area contributed by atoms with Gasteiger partial charge in [0.1, 0.15) is 11.5 Å². The number of hydrogen-bond donors (Lipinski definition) is 1. The molecule has 0 aliphatic rings. The minimum atomic E-state index is 0.136. The van der Waals surface area contributed by atoms with Crippen LogP contribution in [0.2, 0.25) is 0 Å². The van der Waals surface area contributed by atoms with E-state index in [0.29, 0.717) is 29.7 Å². The number of ether oxygens (including phenoxy) is 3. The number of alkyl halides is 1. The molecular formula is C29H31ClN2O3. The number of rotatable bonds is 9. The van der Waals surface area contributed by atoms with Gasteiger partial charge in [0, 0.05) is 34.9 Å². The SMILES string of the molecule is COc1cc2c(Oc3ccc(Nc4ccc(C(C)(C)C)cc4)cc3)ccnc2cc1OCCCCl. The van der Waals surface area contributed by atoms with Gasteiger partial charge in [0.2, 0.25) is 0 Å². The molecule has 6 heteroatoms. The van der Waals surface area contributed by atoms with Crippen LogP contribution >= 0.6 is 11.6 Å². The number of hydrogen-bond acceptors (Lipinski definition) is 5. The second-order valence-corrected chi connectivity index (χ2v) is 9.68. The summed E-state index contributed by atoms with van der Waals surface area (Å²) in [5.41, 5.74) is 4.24. The molecule has 3 aromatic carbocycles. The van der Waals surface area contributed by atoms with Gasteiger partial charge in [-0.1, -0.05) is 32.9 Å². The maximum atomic E-state index is 6.21. The number of nitrogens with one attached hydrogen (secondary N) is 1. The lowest BCUT2D eigenvalue weighted by molar-refractivity contribution is 0.295. The van der Waals surface area contributed by atoms with E-state index in [9.17, 15) is 0 Å². The molecule has 0 unspecified atom stereocenters. The van der Waals surface area contributed by atoms with E-state index >= 15 is 0 Å². The molecule has 4 rings (SSSR count). The van der Waals surface area contributed by atoms with Gasteiger partial charge in [0.05, 0.1) is 19.2 Å². The molecule has 0 atom stereocenters. The monoisotopic (exact) mass is 490 g/mol. The number of benzene rings is 3. The standard InChI is InChI=1S/C29H31ClN2O3/c1-29(2,3)20-6-8-21(9-7-20)32-22-10-12-23(13-11-22)35-26-14-16-31-25-19-28(34-17-5-15-30)27(33-4)18-24(25)26/h6-14,16,18-19,32H,5,15,17H2,1-4H3. The Hall–Kier alpha value is -3.44. The lowest BCUT2D eigenvalue weighted by atomic mass is 9.87. The Morgan fingerprint density at radius 1 is 0.857 bits per heavy atom. The first-order valence-electron chi connectivity index (χ1n) is 11.7. The van der Waals surface area contributed by atoms with Gasteiger partial charge in [-0.05, 0) is 65.9 Å². The Morgan fingerprint density at radius 3 is 2.17 bits per heavy atom. The van der Waals surface area contributed by atoms with Crippen molar-refractivity contribution in [3.63, 3.8) is 0 Å². The van der Waals surface area contributed by atoms with Crippen molar-refractivity contribution in [2.45, 2.75) is 32.6 Å². The van der Waals surface area contributed by atoms with E-state index in [1.165, 1.54) is 5.56 Å². The smallest absolute Gasteiger partial charge is 0.163 e. The van der Waals surface area contributed by atoms with E-state index < -0.39 is 0 Å². The first-order valence-corrected chi connectivity index (χ1v) is 12.2. The molecule has 5 nitrogen and oxygen atoms in total. The van der Waals surface area contributed by atoms with E-state index in [1.54, 1.807) is 13.3 Å². The van der Waals surface area contributed by atoms with Gasteiger partial charge in [-0.25, -0.2) is 0 Å². The van der Waals surface area contributed by atoms with Crippen molar-refractivity contribution in [2.75, 3.05) is 24.9 Å². The molecule has 0 aliphatic carbocycles. The van der Waals surface area contributed by atoms with Gasteiger partial charge in [-0.15, -0.1) is 11.6 Å². The van der Waals surface area contributed by atoms with Crippen LogP contribution in [0.15, 0.2) is 72.9 Å². The molecular weight excluding hydrogens is 460 g/mol. The van der Waals surface area contributed by atoms with Crippen molar-refractivity contribution in [3.8, 4) is 23.0 Å². The summed E-state index contributed by atoms with van der Waals surface area (Å²) in [6, 6.07) is 22.0. The topological polar surface area (TPSA) is 52.6 Å². The van der Waals surface area contributed by atoms with Gasteiger partial charge in [0.15, 0.2) is 11.5 Å². The van der Waals surface area contributed by atoms with Crippen LogP contribution in [0, 0.1) is 0 Å². The van der Waals surface area contributed by atoms with E-state index in [0.717, 1.165) is 34.4 Å². The number of aromatic nitrogens is 1. The largest absolute Gasteiger partial charge is 0.493 e. The molecule has 1 heterocycles. The predicted octanol–water partition coefficient (Wildman–Crippen LogP) is 8.08. The molecule has 1 N–H and O–H groups in total. The Balaban J connectivity index is 1.50. The average Bonchev–Trinajstić information content (AvgIpc) is 2.85. The first kappa shape index (κ1) is 24.7. The van der Waals surface area contributed by atoms with E-state index in [4.69, 9.17) is 25.8 Å². The molecule has 0 bridgehead atoms. The first-order chi connectivity index (χ1) is 16.9. The number of anilines is 2. The summed E-state index contributed by atoms with van der Waals surface area (Å²) in [5, 5.41) is 4.28. The van der Waals surface area contributed by atoms with Gasteiger partial charge in [-0.2, -0.15) is 0 Å². The van der Waals surface area contributed by atoms with E-state index in [-0.39, 0.29) is 5.41 Å². The summed E-state index contributed by atoms with van der Waals surface area (Å²) >= 11 is 5.76. The van der Waals surface area contributed by atoms with Crippen LogP contribution in [-0.2, 0) is 5.41 Å². The average molecular weight is 491 g/mol. The molecule has 35 heavy (non-hydrogen) atoms. The summed E-state index contributed by atoms with van der Waals surface area (Å²) in [7, 11) is 1.62. The molecule has 0 saturated heterocycles. The third-order valence-corrected chi connectivity index (χ3v) is 5.91. The summed E-state index contributed by atoms with van der Waals surface area (Å²) in [6.07, 6.45) is 2.48. The van der Waals surface area contributed by atoms with Crippen molar-refractivity contribution < 1.29 is 14.2 Å². The molecule has 0 fully saturated rings. The zero-order chi connectivity index (χ0) is 24.8. The Labute approximate surface area is 212 Å². The van der Waals surface area contributed by atoms with Crippen molar-refractivity contribution in [1.82, 2.24) is 4.98 Å². The number of pyridine rings is 1. The van der Waals surface area contributed by atoms with Gasteiger partial charge in [-0.3, -0.25) is 4.98 Å². The number of fused-ring (bicyclic) bond motifs is 1. The fourth-order valence-corrected chi connectivity index (χ4v) is 3.79. The van der Waals surface area contributed by atoms with Crippen LogP contribution in [0.1, 0.15) is 32.8 Å². The summed E-state index contributed by atoms with van der Waals surface area (Å²) in [6.45, 7) is 7.16. The minimum absolute atomic E-state index is 0.136. The van der Waals surface area contributed by atoms with Crippen molar-refractivity contribution in [1.29, 1.82) is 0 Å². The molecule has 0 spiro atoms. The zero-order valence-electron chi connectivity index (χ0n) is 20.6. The normalized spacial score (nSPS) is 11.3. The number of methoxy groups -OCH3 is 1. The minimum Gasteiger partial charge on any atom is -0.493 e. The van der Waals surface area contributed by atoms with Gasteiger partial charge in [0.25, 0.3) is 0 Å². The Kier molecular flexibility index (Phi) is 7.67. The highest BCUT2D eigenvalue weighted by Crippen LogP contribution is 2.37. The van der Waals surface area contributed by atoms with Crippen LogP contribution in [-0.4, -0.2) is 24.6 Å². The Morgan fingerprint density at radius 2 is 1.54 bits per heavy atom. The van der Waals surface area contributed by atoms with Crippen molar-refractivity contribution in [3.05, 3.63) is 78.5 Å². The lowest BCUT2D eigenvalue weighted by Crippen LogP contribution is -2.10. The van der Waals surface area contributed by atoms with Gasteiger partial charge >= 0.3 is 0 Å². The molecule has 0 radical (unpaired) electrons. The van der Waals surface area contributed by atoms with Crippen molar-refractivity contribution >= 4 is 33.9 Å². The van der Waals surface area contributed by atoms with Crippen LogP contribution in [0.4, 0.5) is 11.4 Å². The summed E-state index contributed by atoms with van der Waals surface area (Å²) in [5.74, 6) is 3.23. The fourth-order valence-electron chi connectivity index (χ4n) is 3.68. The van der Waals surface area contributed by atoms with Gasteiger partial charge < -0.3 is 19.5 Å².